The summed E-state index contributed by atoms with van der Waals surface area (Å²) in [5.41, 5.74) is 6.91. The van der Waals surface area contributed by atoms with E-state index in [4.69, 9.17) is 4.98 Å². The van der Waals surface area contributed by atoms with Gasteiger partial charge in [0.25, 0.3) is 0 Å². The van der Waals surface area contributed by atoms with Gasteiger partial charge in [-0.15, -0.1) is 6.07 Å². The topological polar surface area (TPSA) is 76.7 Å². The molecular weight excluding hydrogens is 831 g/mol. The first-order valence-corrected chi connectivity index (χ1v) is 16.3. The molecule has 6 nitrogen and oxygen atoms in total. The first kappa shape index (κ1) is 35.9. The van der Waals surface area contributed by atoms with Gasteiger partial charge < -0.3 is 14.7 Å². The normalized spacial score (nSPS) is 12.3. The predicted molar refractivity (Wildman–Crippen MR) is 191 cm³/mol. The molecule has 0 bridgehead atoms. The van der Waals surface area contributed by atoms with E-state index < -0.39 is 11.7 Å². The van der Waals surface area contributed by atoms with E-state index in [-0.39, 0.29) is 43.2 Å². The number of benzene rings is 4. The molecule has 0 spiro atoms. The second-order valence-corrected chi connectivity index (χ2v) is 14.5. The number of pyridine rings is 1. The molecule has 3 heterocycles. The smallest absolute Gasteiger partial charge is 0.416 e. The van der Waals surface area contributed by atoms with E-state index in [1.807, 2.05) is 22.8 Å². The van der Waals surface area contributed by atoms with Gasteiger partial charge in [0.05, 0.1) is 33.5 Å². The van der Waals surface area contributed by atoms with Crippen LogP contribution in [0.3, 0.4) is 0 Å². The van der Waals surface area contributed by atoms with E-state index in [9.17, 15) is 18.3 Å². The third kappa shape index (κ3) is 6.79. The zero-order chi connectivity index (χ0) is 35.6. The zero-order valence-electron chi connectivity index (χ0n) is 28.9. The average molecular weight is 866 g/mol. The van der Waals surface area contributed by atoms with Crippen LogP contribution >= 0.6 is 0 Å². The number of aromatic nitrogens is 5. The van der Waals surface area contributed by atoms with E-state index in [2.05, 4.69) is 86.8 Å². The largest absolute Gasteiger partial charge is 0.507 e. The summed E-state index contributed by atoms with van der Waals surface area (Å²) in [6, 6.07) is 24.0. The minimum atomic E-state index is -4.59. The predicted octanol–water partition coefficient (Wildman–Crippen LogP) is 10.5. The molecule has 0 fully saturated rings. The Labute approximate surface area is 308 Å². The number of fused-ring (bicyclic) bond motifs is 2. The first-order chi connectivity index (χ1) is 23.6. The van der Waals surface area contributed by atoms with Gasteiger partial charge in [0.2, 0.25) is 0 Å². The Kier molecular flexibility index (Phi) is 9.17. The fraction of sp³-hybridized carbons (Fsp3) is 0.220. The third-order valence-corrected chi connectivity index (χ3v) is 8.94. The molecule has 7 aromatic rings. The standard InChI is InChI=1S/C41H35F3N5O.Pt/c1-39(2,3)26-10-13-29(14-11-26)49-34-9-7-8-30(32-19-27(41(42,43)44)12-15-35(32)50)37(34)48-38(49)25-18-24(22-45-23-25)31-20-28(40(4,5)6)21-33-36(31)47-17-16-46-33;/h7-17,19-23,50H,1-6H3;/q-1;. The Morgan fingerprint density at radius 1 is 0.667 bits per heavy atom. The van der Waals surface area contributed by atoms with E-state index >= 15 is 0 Å². The summed E-state index contributed by atoms with van der Waals surface area (Å²) in [6.45, 7) is 12.8. The summed E-state index contributed by atoms with van der Waals surface area (Å²) in [5.74, 6) is 0.206. The van der Waals surface area contributed by atoms with Crippen LogP contribution in [0.5, 0.6) is 5.75 Å². The quantitative estimate of drug-likeness (QED) is 0.178. The van der Waals surface area contributed by atoms with Crippen molar-refractivity contribution >= 4 is 22.1 Å². The van der Waals surface area contributed by atoms with Crippen LogP contribution in [-0.4, -0.2) is 29.6 Å². The van der Waals surface area contributed by atoms with Crippen molar-refractivity contribution in [1.29, 1.82) is 0 Å². The Morgan fingerprint density at radius 3 is 2.00 bits per heavy atom. The molecule has 0 amide bonds. The number of rotatable bonds is 4. The van der Waals surface area contributed by atoms with Gasteiger partial charge in [-0.1, -0.05) is 88.6 Å². The zero-order valence-corrected chi connectivity index (χ0v) is 31.1. The number of halogens is 3. The minimum absolute atomic E-state index is 0. The fourth-order valence-corrected chi connectivity index (χ4v) is 6.16. The molecule has 0 saturated carbocycles. The summed E-state index contributed by atoms with van der Waals surface area (Å²) in [7, 11) is 0. The first-order valence-electron chi connectivity index (χ1n) is 16.3. The van der Waals surface area contributed by atoms with Crippen molar-refractivity contribution in [2.45, 2.75) is 58.5 Å². The molecule has 0 aliphatic rings. The molecule has 0 aliphatic heterocycles. The monoisotopic (exact) mass is 865 g/mol. The summed E-state index contributed by atoms with van der Waals surface area (Å²) >= 11 is 0. The maximum atomic E-state index is 13.8. The summed E-state index contributed by atoms with van der Waals surface area (Å²) in [5, 5.41) is 10.8. The van der Waals surface area contributed by atoms with Crippen LogP contribution < -0.4 is 0 Å². The molecule has 1 N–H and O–H groups in total. The molecule has 0 saturated heterocycles. The SMILES string of the molecule is CC(C)(C)c1ccc(-n2c(-c3[c-]c(-c4cc(C(C)(C)C)cc5nccnc45)cnc3)nc3c(-c4cc(C(F)(F)F)ccc4O)cccc32)cc1.[Pt]. The van der Waals surface area contributed by atoms with Gasteiger partial charge in [-0.3, -0.25) is 15.0 Å². The van der Waals surface area contributed by atoms with Crippen LogP contribution in [0.1, 0.15) is 58.2 Å². The van der Waals surface area contributed by atoms with Crippen molar-refractivity contribution in [2.75, 3.05) is 0 Å². The number of hydrogen-bond donors (Lipinski definition) is 1. The molecule has 0 aliphatic carbocycles. The second kappa shape index (κ2) is 13.0. The molecule has 0 unspecified atom stereocenters. The number of imidazole rings is 1. The molecule has 262 valence electrons. The summed E-state index contributed by atoms with van der Waals surface area (Å²) < 4.78 is 43.4. The van der Waals surface area contributed by atoms with E-state index in [0.717, 1.165) is 46.1 Å². The summed E-state index contributed by atoms with van der Waals surface area (Å²) in [6.07, 6.45) is 2.15. The molecular formula is C41H35F3N5OPt-. The Morgan fingerprint density at radius 2 is 1.31 bits per heavy atom. The van der Waals surface area contributed by atoms with Gasteiger partial charge >= 0.3 is 6.18 Å². The van der Waals surface area contributed by atoms with Crippen LogP contribution in [0.25, 0.3) is 61.4 Å². The number of para-hydroxylation sites is 1. The van der Waals surface area contributed by atoms with E-state index in [0.29, 0.717) is 39.1 Å². The van der Waals surface area contributed by atoms with Gasteiger partial charge in [-0.2, -0.15) is 13.2 Å². The Hall–Kier alpha value is -4.88. The molecule has 4 aromatic carbocycles. The number of aromatic hydroxyl groups is 1. The molecule has 3 aromatic heterocycles. The number of alkyl halides is 3. The van der Waals surface area contributed by atoms with Crippen LogP contribution in [0, 0.1) is 6.07 Å². The van der Waals surface area contributed by atoms with Crippen LogP contribution in [0.15, 0.2) is 97.6 Å². The molecule has 0 atom stereocenters. The van der Waals surface area contributed by atoms with Crippen LogP contribution in [-0.2, 0) is 38.1 Å². The average Bonchev–Trinajstić information content (AvgIpc) is 3.47. The van der Waals surface area contributed by atoms with Crippen molar-refractivity contribution in [3.05, 3.63) is 120 Å². The van der Waals surface area contributed by atoms with Gasteiger partial charge in [0, 0.05) is 50.3 Å². The fourth-order valence-electron chi connectivity index (χ4n) is 6.16. The van der Waals surface area contributed by atoms with Crippen molar-refractivity contribution in [3.63, 3.8) is 0 Å². The molecule has 7 rings (SSSR count). The third-order valence-electron chi connectivity index (χ3n) is 8.94. The van der Waals surface area contributed by atoms with E-state index in [1.165, 1.54) is 0 Å². The van der Waals surface area contributed by atoms with Gasteiger partial charge in [-0.05, 0) is 76.8 Å². The number of phenolic OH excluding ortho intramolecular Hbond substituents is 1. The van der Waals surface area contributed by atoms with Crippen molar-refractivity contribution in [1.82, 2.24) is 24.5 Å². The van der Waals surface area contributed by atoms with Gasteiger partial charge in [0.15, 0.2) is 0 Å². The number of hydrogen-bond acceptors (Lipinski definition) is 5. The number of phenols is 1. The second-order valence-electron chi connectivity index (χ2n) is 14.5. The van der Waals surface area contributed by atoms with Gasteiger partial charge in [0.1, 0.15) is 5.75 Å². The Balaban J connectivity index is 0.00000448. The maximum Gasteiger partial charge on any atom is 0.416 e. The van der Waals surface area contributed by atoms with Crippen molar-refractivity contribution < 1.29 is 39.3 Å². The van der Waals surface area contributed by atoms with E-state index in [1.54, 1.807) is 36.9 Å². The van der Waals surface area contributed by atoms with Crippen LogP contribution in [0.2, 0.25) is 0 Å². The minimum Gasteiger partial charge on any atom is -0.507 e. The molecule has 10 heteroatoms. The molecule has 0 radical (unpaired) electrons. The maximum absolute atomic E-state index is 13.8. The number of nitrogens with zero attached hydrogens (tertiary/aromatic N) is 5. The van der Waals surface area contributed by atoms with Gasteiger partial charge in [-0.25, -0.2) is 0 Å². The van der Waals surface area contributed by atoms with Crippen molar-refractivity contribution in [2.24, 2.45) is 0 Å². The molecule has 51 heavy (non-hydrogen) atoms. The summed E-state index contributed by atoms with van der Waals surface area (Å²) in [4.78, 5) is 18.9. The van der Waals surface area contributed by atoms with Crippen LogP contribution in [0.4, 0.5) is 13.2 Å². The Bertz CT molecular complexity index is 2410. The van der Waals surface area contributed by atoms with Crippen molar-refractivity contribution in [3.8, 4) is 45.1 Å².